The number of Topliss-reactive ketones (excluding diaryl/α,β-unsaturated/α-hetero) is 6. The van der Waals surface area contributed by atoms with Crippen molar-refractivity contribution in [1.29, 1.82) is 0 Å². The Balaban J connectivity index is 3.48. The summed E-state index contributed by atoms with van der Waals surface area (Å²) >= 11 is 0. The number of hydrogen-bond acceptors (Lipinski definition) is 18. The van der Waals surface area contributed by atoms with Gasteiger partial charge in [0.25, 0.3) is 0 Å². The predicted molar refractivity (Wildman–Crippen MR) is 289 cm³/mol. The second-order valence-electron chi connectivity index (χ2n) is 21.1. The first-order chi connectivity index (χ1) is 37.9. The second-order valence-corrected chi connectivity index (χ2v) is 21.1. The number of hydrogen-bond donors (Lipinski definition) is 10. The molecule has 8 atom stereocenters. The molecule has 25 nitrogen and oxygen atoms in total. The van der Waals surface area contributed by atoms with Gasteiger partial charge in [-0.05, 0) is 89.9 Å². The molecule has 0 bridgehead atoms. The van der Waals surface area contributed by atoms with Crippen LogP contribution in [0.4, 0.5) is 4.39 Å². The summed E-state index contributed by atoms with van der Waals surface area (Å²) in [6.45, 7) is 3.17. The van der Waals surface area contributed by atoms with E-state index < -0.39 is 170 Å². The maximum atomic E-state index is 14.4. The van der Waals surface area contributed by atoms with Gasteiger partial charge in [-0.25, -0.2) is 4.68 Å². The maximum absolute atomic E-state index is 14.4. The molecule has 26 heteroatoms. The van der Waals surface area contributed by atoms with E-state index in [0.29, 0.717) is 83.8 Å². The zero-order valence-corrected chi connectivity index (χ0v) is 46.6. The van der Waals surface area contributed by atoms with Crippen LogP contribution in [0.5, 0.6) is 0 Å². The summed E-state index contributed by atoms with van der Waals surface area (Å²) in [6.07, 6.45) is 0.679. The Hall–Kier alpha value is -6.25. The zero-order chi connectivity index (χ0) is 60.3. The first kappa shape index (κ1) is 71.8. The van der Waals surface area contributed by atoms with Crippen molar-refractivity contribution in [3.8, 4) is 0 Å². The minimum absolute atomic E-state index is 0.0708. The van der Waals surface area contributed by atoms with Crippen molar-refractivity contribution in [3.05, 3.63) is 11.9 Å². The van der Waals surface area contributed by atoms with Gasteiger partial charge in [0.1, 0.15) is 23.9 Å². The average molecular weight is 1140 g/mol. The van der Waals surface area contributed by atoms with Crippen LogP contribution in [0.1, 0.15) is 161 Å². The van der Waals surface area contributed by atoms with Crippen molar-refractivity contribution in [3.63, 3.8) is 0 Å². The maximum Gasteiger partial charge on any atom is 0.305 e. The number of rotatable bonds is 50. The molecule has 0 unspecified atom stereocenters. The van der Waals surface area contributed by atoms with Gasteiger partial charge in [0.2, 0.25) is 17.7 Å². The SMILES string of the molecule is CC(C)[C@H](CC(=O)[C@H](CCC(=O)O)NC(=O)[C@H](CC(=O)O)CC(=O)Cn1cc(CC[18F])nn1)C(=O)N[C@@H](CC(=O)O)C(=O)C[C@@H](CCCCN)C(=O)C[C@@H](CCCCN)C(=O)C[C@@H](CCCCN)C(=O)C[C@@H](CCCCN)C(N)=O. The van der Waals surface area contributed by atoms with E-state index in [1.807, 2.05) is 0 Å². The molecule has 0 spiro atoms. The lowest BCUT2D eigenvalue weighted by molar-refractivity contribution is -0.143. The molecule has 0 aliphatic carbocycles. The van der Waals surface area contributed by atoms with E-state index in [4.69, 9.17) is 28.7 Å². The molecule has 1 aromatic rings. The van der Waals surface area contributed by atoms with Crippen LogP contribution in [0.3, 0.4) is 0 Å². The largest absolute Gasteiger partial charge is 0.481 e. The highest BCUT2D eigenvalue weighted by molar-refractivity contribution is 5.99. The average Bonchev–Trinajstić information content (AvgIpc) is 3.82. The number of nitrogens with one attached hydrogen (secondary N) is 2. The van der Waals surface area contributed by atoms with Crippen molar-refractivity contribution in [1.82, 2.24) is 25.6 Å². The first-order valence-corrected chi connectivity index (χ1v) is 27.9. The number of alkyl halides is 1. The van der Waals surface area contributed by atoms with E-state index in [1.54, 1.807) is 13.8 Å². The molecule has 15 N–H and O–H groups in total. The topological polar surface area (TPSA) is 450 Å². The third-order valence-electron chi connectivity index (χ3n) is 14.1. The normalized spacial score (nSPS) is 14.4. The molecule has 0 aromatic carbocycles. The van der Waals surface area contributed by atoms with Gasteiger partial charge >= 0.3 is 17.9 Å². The standard InChI is InChI=1S/C54H89FN10O15/c1-33(2)41(29-48(71)42(15-16-49(72)73)61-53(79)38(28-50(74)75)23-40(66)32-65-31-39(17-18-55)63-64-65)54(80)62-43(30-51(76)77)47(70)26-36(13-5-9-21-58)45(68)24-34(11-3-7-19-56)44(67)25-35(12-4-8-20-57)46(69)27-37(52(60)78)14-6-10-22-59/h31,33-38,41-43H,3-30,32,56-59H2,1-2H3,(H2,60,78)(H,61,79)(H,62,80)(H,72,73)(H,74,75)(H,76,77)/t34-,35-,36-,37-,38+,41+,42+,43+/m1/s1/i55-1. The fourth-order valence-electron chi connectivity index (χ4n) is 9.41. The summed E-state index contributed by atoms with van der Waals surface area (Å²) in [5, 5.41) is 41.3. The summed E-state index contributed by atoms with van der Waals surface area (Å²) in [7, 11) is 0. The number of unbranched alkanes of at least 4 members (excludes halogenated alkanes) is 4. The number of carbonyl (C=O) groups excluding carboxylic acids is 9. The Morgan fingerprint density at radius 1 is 0.525 bits per heavy atom. The quantitative estimate of drug-likeness (QED) is 0.0415. The van der Waals surface area contributed by atoms with Crippen molar-refractivity contribution in [2.24, 2.45) is 70.1 Å². The van der Waals surface area contributed by atoms with E-state index in [0.717, 1.165) is 4.68 Å². The van der Waals surface area contributed by atoms with Crippen LogP contribution >= 0.6 is 0 Å². The zero-order valence-electron chi connectivity index (χ0n) is 46.6. The fourth-order valence-corrected chi connectivity index (χ4v) is 9.41. The molecule has 0 radical (unpaired) electrons. The van der Waals surface area contributed by atoms with Gasteiger partial charge in [-0.2, -0.15) is 0 Å². The minimum Gasteiger partial charge on any atom is -0.481 e. The predicted octanol–water partition coefficient (Wildman–Crippen LogP) is 1.68. The molecule has 0 aliphatic heterocycles. The molecule has 3 amide bonds. The number of ketones is 6. The minimum atomic E-state index is -1.73. The van der Waals surface area contributed by atoms with Crippen molar-refractivity contribution in [2.45, 2.75) is 180 Å². The van der Waals surface area contributed by atoms with E-state index in [2.05, 4.69) is 20.9 Å². The van der Waals surface area contributed by atoms with Gasteiger partial charge in [-0.1, -0.05) is 44.7 Å². The summed E-state index contributed by atoms with van der Waals surface area (Å²) in [6, 6.07) is -3.35. The van der Waals surface area contributed by atoms with E-state index in [9.17, 15) is 77.2 Å². The Labute approximate surface area is 466 Å². The number of carboxylic acids is 3. The van der Waals surface area contributed by atoms with Crippen LogP contribution in [-0.2, 0) is 70.5 Å². The number of aromatic nitrogens is 3. The van der Waals surface area contributed by atoms with Gasteiger partial charge in [-0.3, -0.25) is 61.9 Å². The van der Waals surface area contributed by atoms with Crippen molar-refractivity contribution in [2.75, 3.05) is 32.9 Å². The Morgan fingerprint density at radius 3 is 1.39 bits per heavy atom. The molecular weight excluding hydrogens is 1050 g/mol. The van der Waals surface area contributed by atoms with E-state index in [1.165, 1.54) is 6.20 Å². The third-order valence-corrected chi connectivity index (χ3v) is 14.1. The lowest BCUT2D eigenvalue weighted by Gasteiger charge is -2.27. The second kappa shape index (κ2) is 40.0. The van der Waals surface area contributed by atoms with Crippen LogP contribution in [0.25, 0.3) is 0 Å². The molecule has 0 saturated carbocycles. The molecule has 1 heterocycles. The van der Waals surface area contributed by atoms with Gasteiger partial charge in [-0.15, -0.1) is 5.10 Å². The molecule has 1 aromatic heterocycles. The van der Waals surface area contributed by atoms with Crippen LogP contribution in [0.15, 0.2) is 6.20 Å². The number of primary amides is 1. The lowest BCUT2D eigenvalue weighted by atomic mass is 9.79. The molecule has 1 rings (SSSR count). The Morgan fingerprint density at radius 2 is 0.963 bits per heavy atom. The van der Waals surface area contributed by atoms with Crippen LogP contribution in [0.2, 0.25) is 0 Å². The summed E-state index contributed by atoms with van der Waals surface area (Å²) < 4.78 is 13.8. The van der Waals surface area contributed by atoms with Gasteiger partial charge in [0, 0.05) is 87.2 Å². The number of aliphatic carboxylic acids is 3. The number of nitrogens with two attached hydrogens (primary N) is 5. The molecule has 80 heavy (non-hydrogen) atoms. The highest BCUT2D eigenvalue weighted by Crippen LogP contribution is 2.29. The summed E-state index contributed by atoms with van der Waals surface area (Å²) in [4.78, 5) is 159. The Kier molecular flexibility index (Phi) is 35.9. The summed E-state index contributed by atoms with van der Waals surface area (Å²) in [5.74, 6) is -17.7. The number of aryl methyl sites for hydroxylation is 1. The number of carbonyl (C=O) groups is 12. The molecule has 0 saturated heterocycles. The highest BCUT2D eigenvalue weighted by Gasteiger charge is 2.37. The van der Waals surface area contributed by atoms with Gasteiger partial charge in [0.05, 0.1) is 43.2 Å². The lowest BCUT2D eigenvalue weighted by Crippen LogP contribution is -2.49. The number of halogens is 1. The third kappa shape index (κ3) is 29.3. The molecule has 0 aliphatic rings. The smallest absolute Gasteiger partial charge is 0.305 e. The molecule has 452 valence electrons. The summed E-state index contributed by atoms with van der Waals surface area (Å²) in [5.41, 5.74) is 28.8. The Bertz CT molecular complexity index is 2190. The van der Waals surface area contributed by atoms with E-state index in [-0.39, 0.29) is 62.3 Å². The van der Waals surface area contributed by atoms with Crippen LogP contribution < -0.4 is 39.3 Å². The number of nitrogens with zero attached hydrogens (tertiary/aromatic N) is 3. The van der Waals surface area contributed by atoms with Crippen molar-refractivity contribution >= 4 is 70.3 Å². The first-order valence-electron chi connectivity index (χ1n) is 27.9. The molecular formula is C54H89FN10O15. The molecule has 0 fully saturated rings. The monoisotopic (exact) mass is 1140 g/mol. The number of carboxylic acid groups (broad SMARTS) is 3. The van der Waals surface area contributed by atoms with E-state index >= 15 is 0 Å². The van der Waals surface area contributed by atoms with Gasteiger partial charge < -0.3 is 54.6 Å². The number of amides is 3. The van der Waals surface area contributed by atoms with Crippen molar-refractivity contribution < 1.29 is 77.2 Å². The fraction of sp³-hybridized carbons (Fsp3) is 0.741. The highest BCUT2D eigenvalue weighted by atomic mass is 18.2. The van der Waals surface area contributed by atoms with Crippen LogP contribution in [-0.4, -0.2) is 146 Å². The van der Waals surface area contributed by atoms with Crippen LogP contribution in [0, 0.1) is 41.4 Å². The van der Waals surface area contributed by atoms with Gasteiger partial charge in [0.15, 0.2) is 17.3 Å².